The summed E-state index contributed by atoms with van der Waals surface area (Å²) in [6.45, 7) is 3.42. The lowest BCUT2D eigenvalue weighted by Gasteiger charge is -2.26. The number of aliphatic hydroxyl groups is 1. The van der Waals surface area contributed by atoms with E-state index in [2.05, 4.69) is 0 Å². The molecule has 1 aromatic carbocycles. The van der Waals surface area contributed by atoms with Crippen LogP contribution < -0.4 is 0 Å². The van der Waals surface area contributed by atoms with Crippen molar-refractivity contribution in [1.29, 1.82) is 0 Å². The van der Waals surface area contributed by atoms with Crippen LogP contribution in [0.15, 0.2) is 30.3 Å². The third-order valence-electron chi connectivity index (χ3n) is 3.22. The molecule has 2 N–H and O–H groups in total. The molecule has 0 aromatic heterocycles. The predicted octanol–water partition coefficient (Wildman–Crippen LogP) is 1.55. The highest BCUT2D eigenvalue weighted by Crippen LogP contribution is 2.08. The highest BCUT2D eigenvalue weighted by Gasteiger charge is 2.21. The molecule has 0 saturated heterocycles. The van der Waals surface area contributed by atoms with Crippen LogP contribution in [-0.4, -0.2) is 46.2 Å². The maximum Gasteiger partial charge on any atom is 0.308 e. The summed E-state index contributed by atoms with van der Waals surface area (Å²) >= 11 is 0. The van der Waals surface area contributed by atoms with E-state index in [4.69, 9.17) is 5.11 Å². The van der Waals surface area contributed by atoms with Crippen molar-refractivity contribution in [1.82, 2.24) is 4.90 Å². The van der Waals surface area contributed by atoms with Gasteiger partial charge in [-0.1, -0.05) is 37.3 Å². The summed E-state index contributed by atoms with van der Waals surface area (Å²) in [4.78, 5) is 24.6. The molecule has 0 aliphatic carbocycles. The summed E-state index contributed by atoms with van der Waals surface area (Å²) < 4.78 is 0. The van der Waals surface area contributed by atoms with E-state index in [1.807, 2.05) is 30.3 Å². The fourth-order valence-corrected chi connectivity index (χ4v) is 2.06. The van der Waals surface area contributed by atoms with Crippen LogP contribution in [0.1, 0.15) is 25.8 Å². The quantitative estimate of drug-likeness (QED) is 0.762. The molecule has 1 rings (SSSR count). The molecule has 0 heterocycles. The number of aliphatic carboxylic acids is 1. The monoisotopic (exact) mass is 293 g/mol. The Morgan fingerprint density at radius 2 is 1.76 bits per heavy atom. The Balaban J connectivity index is 2.60. The predicted molar refractivity (Wildman–Crippen MR) is 79.8 cm³/mol. The summed E-state index contributed by atoms with van der Waals surface area (Å²) in [5, 5.41) is 18.4. The number of amides is 1. The molecule has 116 valence electrons. The number of carboxylic acids is 1. The maximum atomic E-state index is 12.2. The van der Waals surface area contributed by atoms with Crippen LogP contribution in [0.2, 0.25) is 0 Å². The number of carbonyl (C=O) groups is 2. The first kappa shape index (κ1) is 17.2. The van der Waals surface area contributed by atoms with Gasteiger partial charge in [0.25, 0.3) is 0 Å². The number of aliphatic hydroxyl groups excluding tert-OH is 1. The van der Waals surface area contributed by atoms with Crippen molar-refractivity contribution in [2.75, 3.05) is 13.1 Å². The van der Waals surface area contributed by atoms with E-state index in [-0.39, 0.29) is 19.0 Å². The molecule has 1 amide bonds. The molecule has 0 radical (unpaired) electrons. The van der Waals surface area contributed by atoms with E-state index < -0.39 is 18.0 Å². The van der Waals surface area contributed by atoms with Gasteiger partial charge < -0.3 is 15.1 Å². The zero-order valence-corrected chi connectivity index (χ0v) is 12.5. The summed E-state index contributed by atoms with van der Waals surface area (Å²) in [5.74, 6) is -1.72. The number of nitrogens with zero attached hydrogens (tertiary/aromatic N) is 1. The first-order valence-electron chi connectivity index (χ1n) is 7.12. The molecular weight excluding hydrogens is 270 g/mol. The highest BCUT2D eigenvalue weighted by atomic mass is 16.4. The van der Waals surface area contributed by atoms with Crippen molar-refractivity contribution in [3.63, 3.8) is 0 Å². The molecular formula is C16H23NO4. The second-order valence-corrected chi connectivity index (χ2v) is 5.37. The van der Waals surface area contributed by atoms with Crippen LogP contribution >= 0.6 is 0 Å². The molecule has 0 spiro atoms. The minimum absolute atomic E-state index is 0.119. The van der Waals surface area contributed by atoms with E-state index in [9.17, 15) is 14.7 Å². The highest BCUT2D eigenvalue weighted by molar-refractivity contribution is 5.77. The third-order valence-corrected chi connectivity index (χ3v) is 3.22. The summed E-state index contributed by atoms with van der Waals surface area (Å²) in [6, 6.07) is 9.65. The van der Waals surface area contributed by atoms with Gasteiger partial charge in [-0.15, -0.1) is 0 Å². The number of carboxylic acid groups (broad SMARTS) is 1. The van der Waals surface area contributed by atoms with Gasteiger partial charge in [-0.05, 0) is 18.9 Å². The molecule has 2 unspecified atom stereocenters. The van der Waals surface area contributed by atoms with Gasteiger partial charge in [0.2, 0.25) is 5.91 Å². The molecule has 21 heavy (non-hydrogen) atoms. The van der Waals surface area contributed by atoms with Gasteiger partial charge in [-0.2, -0.15) is 0 Å². The summed E-state index contributed by atoms with van der Waals surface area (Å²) in [6.07, 6.45) is 0.243. The molecule has 5 heteroatoms. The smallest absolute Gasteiger partial charge is 0.308 e. The van der Waals surface area contributed by atoms with Crippen molar-refractivity contribution in [2.45, 2.75) is 32.8 Å². The van der Waals surface area contributed by atoms with Crippen molar-refractivity contribution < 1.29 is 19.8 Å². The summed E-state index contributed by atoms with van der Waals surface area (Å²) in [7, 11) is 0. The lowest BCUT2D eigenvalue weighted by atomic mass is 10.1. The Morgan fingerprint density at radius 1 is 1.14 bits per heavy atom. The topological polar surface area (TPSA) is 77.8 Å². The molecule has 1 aromatic rings. The number of aryl methyl sites for hydroxylation is 1. The average Bonchev–Trinajstić information content (AvgIpc) is 2.44. The fourth-order valence-electron chi connectivity index (χ4n) is 2.06. The normalized spacial score (nSPS) is 13.5. The molecule has 5 nitrogen and oxygen atoms in total. The van der Waals surface area contributed by atoms with Crippen LogP contribution in [0.4, 0.5) is 0 Å². The number of benzene rings is 1. The van der Waals surface area contributed by atoms with Gasteiger partial charge >= 0.3 is 5.97 Å². The second kappa shape index (κ2) is 8.42. The van der Waals surface area contributed by atoms with E-state index >= 15 is 0 Å². The van der Waals surface area contributed by atoms with E-state index in [1.54, 1.807) is 13.8 Å². The Labute approximate surface area is 125 Å². The van der Waals surface area contributed by atoms with Gasteiger partial charge in [0.1, 0.15) is 0 Å². The van der Waals surface area contributed by atoms with E-state index in [1.165, 1.54) is 4.90 Å². The standard InChI is InChI=1S/C16H23NO4/c1-12(16(20)21)10-17(11-13(2)18)15(19)9-8-14-6-4-3-5-7-14/h3-7,12-13,18H,8-11H2,1-2H3,(H,20,21). The molecule has 2 atom stereocenters. The van der Waals surface area contributed by atoms with Crippen LogP contribution in [0.25, 0.3) is 0 Å². The zero-order valence-electron chi connectivity index (χ0n) is 12.5. The van der Waals surface area contributed by atoms with Gasteiger partial charge in [0.05, 0.1) is 12.0 Å². The van der Waals surface area contributed by atoms with Crippen molar-refractivity contribution >= 4 is 11.9 Å². The fraction of sp³-hybridized carbons (Fsp3) is 0.500. The van der Waals surface area contributed by atoms with Crippen LogP contribution in [0.3, 0.4) is 0 Å². The Morgan fingerprint density at radius 3 is 2.29 bits per heavy atom. The molecule has 0 fully saturated rings. The van der Waals surface area contributed by atoms with Gasteiger partial charge in [0, 0.05) is 19.5 Å². The third kappa shape index (κ3) is 6.40. The molecule has 0 aliphatic heterocycles. The molecule has 0 aliphatic rings. The number of carbonyl (C=O) groups excluding carboxylic acids is 1. The van der Waals surface area contributed by atoms with Gasteiger partial charge in [-0.3, -0.25) is 9.59 Å². The van der Waals surface area contributed by atoms with Crippen molar-refractivity contribution in [2.24, 2.45) is 5.92 Å². The lowest BCUT2D eigenvalue weighted by molar-refractivity contribution is -0.143. The van der Waals surface area contributed by atoms with Gasteiger partial charge in [-0.25, -0.2) is 0 Å². The zero-order chi connectivity index (χ0) is 15.8. The number of rotatable bonds is 8. The van der Waals surface area contributed by atoms with Crippen LogP contribution in [0.5, 0.6) is 0 Å². The number of hydrogen-bond acceptors (Lipinski definition) is 3. The SMILES string of the molecule is CC(O)CN(CC(C)C(=O)O)C(=O)CCc1ccccc1. The minimum Gasteiger partial charge on any atom is -0.481 e. The number of hydrogen-bond donors (Lipinski definition) is 2. The molecule has 0 bridgehead atoms. The largest absolute Gasteiger partial charge is 0.481 e. The average molecular weight is 293 g/mol. The van der Waals surface area contributed by atoms with Crippen molar-refractivity contribution in [3.8, 4) is 0 Å². The van der Waals surface area contributed by atoms with Crippen LogP contribution in [0, 0.1) is 5.92 Å². The maximum absolute atomic E-state index is 12.2. The van der Waals surface area contributed by atoms with E-state index in [0.717, 1.165) is 5.56 Å². The minimum atomic E-state index is -0.943. The first-order valence-corrected chi connectivity index (χ1v) is 7.12. The molecule has 0 saturated carbocycles. The second-order valence-electron chi connectivity index (χ2n) is 5.37. The van der Waals surface area contributed by atoms with E-state index in [0.29, 0.717) is 12.8 Å². The van der Waals surface area contributed by atoms with Crippen molar-refractivity contribution in [3.05, 3.63) is 35.9 Å². The first-order chi connectivity index (χ1) is 9.90. The summed E-state index contributed by atoms with van der Waals surface area (Å²) in [5.41, 5.74) is 1.06. The van der Waals surface area contributed by atoms with Crippen LogP contribution in [-0.2, 0) is 16.0 Å². The lowest BCUT2D eigenvalue weighted by Crippen LogP contribution is -2.41. The van der Waals surface area contributed by atoms with Gasteiger partial charge in [0.15, 0.2) is 0 Å². The Kier molecular flexibility index (Phi) is 6.88. The Hall–Kier alpha value is -1.88. The Bertz CT molecular complexity index is 459.